The summed E-state index contributed by atoms with van der Waals surface area (Å²) < 4.78 is 30.5. The van der Waals surface area contributed by atoms with Crippen molar-refractivity contribution in [2.24, 2.45) is 9.98 Å². The molecule has 0 unspecified atom stereocenters. The van der Waals surface area contributed by atoms with Gasteiger partial charge in [0.2, 0.25) is 11.2 Å². The minimum atomic E-state index is -1.13. The third-order valence-corrected chi connectivity index (χ3v) is 15.1. The van der Waals surface area contributed by atoms with Crippen molar-refractivity contribution in [2.75, 3.05) is 20.8 Å². The molecule has 2 aliphatic heterocycles. The molecule has 2 saturated carbocycles. The number of hydrogen-bond acceptors (Lipinski definition) is 16. The summed E-state index contributed by atoms with van der Waals surface area (Å²) in [7, 11) is 2.58. The van der Waals surface area contributed by atoms with Gasteiger partial charge in [0.05, 0.1) is 65.1 Å². The second-order valence-electron chi connectivity index (χ2n) is 18.1. The molecular weight excluding hydrogens is 1240 g/mol. The Labute approximate surface area is 488 Å². The number of imidazole rings is 2. The van der Waals surface area contributed by atoms with E-state index in [0.29, 0.717) is 89.6 Å². The molecule has 412 valence electrons. The second kappa shape index (κ2) is 26.2. The molecule has 10 rings (SSSR count). The number of pyridine rings is 2. The smallest absolute Gasteiger partial charge is 0.350 e. The summed E-state index contributed by atoms with van der Waals surface area (Å²) in [5, 5.41) is 1.09. The summed E-state index contributed by atoms with van der Waals surface area (Å²) in [5.74, 6) is -0.775. The number of carbonyl (C=O) groups is 5. The predicted octanol–water partition coefficient (Wildman–Crippen LogP) is 11.6. The number of hydrogen-bond donors (Lipinski definition) is 0. The third kappa shape index (κ3) is 13.5. The molecule has 2 fully saturated rings. The van der Waals surface area contributed by atoms with Gasteiger partial charge in [-0.3, -0.25) is 43.5 Å². The maximum Gasteiger partial charge on any atom is 0.350 e. The lowest BCUT2D eigenvalue weighted by Gasteiger charge is -2.16. The van der Waals surface area contributed by atoms with Crippen molar-refractivity contribution in [1.82, 2.24) is 29.1 Å². The molecule has 0 radical (unpaired) electrons. The fraction of sp³-hybridized carbons (Fsp3) is 0.364. The number of aromatic nitrogens is 6. The number of aliphatic imine (C=N–C) groups is 2. The molecule has 23 heteroatoms. The molecule has 0 amide bonds. The molecule has 2 atom stereocenters. The van der Waals surface area contributed by atoms with Gasteiger partial charge in [0.1, 0.15) is 23.7 Å². The van der Waals surface area contributed by atoms with Crippen LogP contribution in [0.2, 0.25) is 10.0 Å². The largest absolute Gasteiger partial charge is 0.466 e. The van der Waals surface area contributed by atoms with Crippen LogP contribution >= 0.6 is 72.0 Å². The fourth-order valence-corrected chi connectivity index (χ4v) is 9.73. The van der Waals surface area contributed by atoms with Crippen molar-refractivity contribution >= 4 is 113 Å². The minimum Gasteiger partial charge on any atom is -0.466 e. The zero-order chi connectivity index (χ0) is 54.5. The lowest BCUT2D eigenvalue weighted by molar-refractivity contribution is -0.169. The molecule has 6 aromatic rings. The van der Waals surface area contributed by atoms with Gasteiger partial charge < -0.3 is 23.7 Å². The predicted molar refractivity (Wildman–Crippen MR) is 305 cm³/mol. The van der Waals surface area contributed by atoms with Crippen LogP contribution in [0, 0.1) is 13.8 Å². The Kier molecular flexibility index (Phi) is 20.5. The van der Waals surface area contributed by atoms with Crippen LogP contribution in [-0.2, 0) is 47.7 Å². The second-order valence-corrected chi connectivity index (χ2v) is 20.6. The quantitative estimate of drug-likeness (QED) is 0.0776. The van der Waals surface area contributed by atoms with E-state index in [1.54, 1.807) is 31.7 Å². The van der Waals surface area contributed by atoms with E-state index >= 15 is 0 Å². The van der Waals surface area contributed by atoms with Gasteiger partial charge >= 0.3 is 29.8 Å². The van der Waals surface area contributed by atoms with E-state index in [1.807, 2.05) is 83.6 Å². The highest BCUT2D eigenvalue weighted by Crippen LogP contribution is 2.44. The lowest BCUT2D eigenvalue weighted by Crippen LogP contribution is -2.30. The summed E-state index contributed by atoms with van der Waals surface area (Å²) in [6, 6.07) is 18.0. The summed E-state index contributed by atoms with van der Waals surface area (Å²) in [5.41, 5.74) is 5.62. The lowest BCUT2D eigenvalue weighted by atomic mass is 10.0. The van der Waals surface area contributed by atoms with Crippen LogP contribution in [0.25, 0.3) is 11.4 Å². The average Bonchev–Trinajstić information content (AvgIpc) is 4.34. The van der Waals surface area contributed by atoms with E-state index < -0.39 is 47.2 Å². The molecule has 0 saturated heterocycles. The molecule has 78 heavy (non-hydrogen) atoms. The first-order valence-electron chi connectivity index (χ1n) is 24.2. The van der Waals surface area contributed by atoms with Gasteiger partial charge in [0.15, 0.2) is 0 Å². The molecule has 0 bridgehead atoms. The van der Waals surface area contributed by atoms with Gasteiger partial charge in [0.25, 0.3) is 0 Å². The van der Waals surface area contributed by atoms with Crippen molar-refractivity contribution in [3.05, 3.63) is 150 Å². The van der Waals surface area contributed by atoms with Crippen molar-refractivity contribution in [2.45, 2.75) is 110 Å². The number of rotatable bonds is 13. The Balaban J connectivity index is 0.000000223. The third-order valence-electron chi connectivity index (χ3n) is 12.7. The van der Waals surface area contributed by atoms with Gasteiger partial charge in [-0.15, -0.1) is 17.0 Å². The summed E-state index contributed by atoms with van der Waals surface area (Å²) in [6.07, 6.45) is 9.70. The van der Waals surface area contributed by atoms with Crippen LogP contribution in [0.15, 0.2) is 104 Å². The van der Waals surface area contributed by atoms with Gasteiger partial charge in [-0.1, -0.05) is 42.8 Å². The number of benzene rings is 2. The average molecular weight is 1300 g/mol. The van der Waals surface area contributed by atoms with Crippen LogP contribution in [-0.4, -0.2) is 102 Å². The van der Waals surface area contributed by atoms with Gasteiger partial charge in [-0.25, -0.2) is 19.6 Å². The number of ether oxygens (including phenoxy) is 5. The Hall–Kier alpha value is -6.13. The molecule has 6 heterocycles. The van der Waals surface area contributed by atoms with Crippen LogP contribution < -0.4 is 0 Å². The molecule has 4 aliphatic rings. The summed E-state index contributed by atoms with van der Waals surface area (Å²) in [4.78, 5) is 87.6. The first-order valence-corrected chi connectivity index (χ1v) is 26.6. The Morgan fingerprint density at radius 1 is 0.654 bits per heavy atom. The summed E-state index contributed by atoms with van der Waals surface area (Å²) in [6.45, 7) is 7.58. The van der Waals surface area contributed by atoms with E-state index in [-0.39, 0.29) is 43.2 Å². The molecule has 18 nitrogen and oxygen atoms in total. The van der Waals surface area contributed by atoms with Gasteiger partial charge in [-0.05, 0) is 114 Å². The highest BCUT2D eigenvalue weighted by molar-refractivity contribution is 9.10. The minimum absolute atomic E-state index is 0. The zero-order valence-electron chi connectivity index (χ0n) is 42.7. The van der Waals surface area contributed by atoms with Crippen molar-refractivity contribution < 1.29 is 47.7 Å². The SMILES string of the molecule is Br.C.CCOC(C)=O.COC(=O)C1(OC(=O)CC[C@@H]2N=C(c3ccccn3)c3cc(Cl)c(Br)cc3-n3c(C)cnc32)CC1.COC(=O)C1(OC(=O)CC[C@@H]2N=C(c3ccccn3)c3cc(Cl)c(Br)cc3-n3c(C)cnc32)CC1. The monoisotopic (exact) mass is 1300 g/mol. The van der Waals surface area contributed by atoms with E-state index in [2.05, 4.69) is 56.5 Å². The number of fused-ring (bicyclic) bond motifs is 6. The topological polar surface area (TPSA) is 218 Å². The molecular formula is C55H57Br3Cl2N8O10. The fourth-order valence-electron chi connectivity index (χ4n) is 8.74. The number of esters is 5. The highest BCUT2D eigenvalue weighted by atomic mass is 79.9. The number of halogens is 5. The van der Waals surface area contributed by atoms with Crippen LogP contribution in [0.4, 0.5) is 0 Å². The van der Waals surface area contributed by atoms with E-state index in [1.165, 1.54) is 21.1 Å². The van der Waals surface area contributed by atoms with Gasteiger partial charge in [0, 0.05) is 102 Å². The molecule has 0 N–H and O–H groups in total. The number of methoxy groups -OCH3 is 2. The zero-order valence-corrected chi connectivity index (χ0v) is 49.1. The van der Waals surface area contributed by atoms with Crippen molar-refractivity contribution in [3.63, 3.8) is 0 Å². The number of nitrogens with zero attached hydrogens (tertiary/aromatic N) is 8. The van der Waals surface area contributed by atoms with Crippen LogP contribution in [0.3, 0.4) is 0 Å². The standard InChI is InChI=1S/2C25H22BrClN4O4.C4H8O2.CH4.BrH/c2*1-14-13-29-23-19(6-7-21(32)35-25(8-9-25)24(33)34-2)30-22(18-5-3-4-10-28-18)15-11-17(27)16(26)12-20(15)31(14)23;1-3-6-4(2)5;;/h2*3-5,10-13,19H,6-9H2,1-2H3;3H2,1-2H3;1H4;1H/t2*19-;;;/m00.../s1. The van der Waals surface area contributed by atoms with Crippen molar-refractivity contribution in [1.29, 1.82) is 0 Å². The highest BCUT2D eigenvalue weighted by Gasteiger charge is 2.56. The maximum atomic E-state index is 12.7. The Bertz CT molecular complexity index is 3070. The number of aryl methyl sites for hydroxylation is 2. The first-order chi connectivity index (χ1) is 36.4. The van der Waals surface area contributed by atoms with Crippen molar-refractivity contribution in [3.8, 4) is 11.4 Å². The van der Waals surface area contributed by atoms with E-state index in [4.69, 9.17) is 52.1 Å². The molecule has 2 aliphatic carbocycles. The van der Waals surface area contributed by atoms with E-state index in [0.717, 1.165) is 42.8 Å². The van der Waals surface area contributed by atoms with Crippen LogP contribution in [0.5, 0.6) is 0 Å². The van der Waals surface area contributed by atoms with Crippen LogP contribution in [0.1, 0.15) is 130 Å². The molecule has 4 aromatic heterocycles. The van der Waals surface area contributed by atoms with E-state index in [9.17, 15) is 24.0 Å². The summed E-state index contributed by atoms with van der Waals surface area (Å²) >= 11 is 20.1. The van der Waals surface area contributed by atoms with Gasteiger partial charge in [-0.2, -0.15) is 0 Å². The number of carbonyl (C=O) groups excluding carboxylic acids is 5. The molecule has 0 spiro atoms. The Morgan fingerprint density at radius 3 is 1.36 bits per heavy atom. The molecule has 2 aromatic carbocycles. The first kappa shape index (κ1) is 61.1. The maximum absolute atomic E-state index is 12.7. The normalized spacial score (nSPS) is 16.3. The Morgan fingerprint density at radius 2 is 1.05 bits per heavy atom.